The number of nitrogens with zero attached hydrogens (tertiary/aromatic N) is 3. The maximum Gasteiger partial charge on any atom is 0.311 e. The van der Waals surface area contributed by atoms with Gasteiger partial charge >= 0.3 is 5.69 Å². The third-order valence-corrected chi connectivity index (χ3v) is 4.50. The van der Waals surface area contributed by atoms with Crippen molar-refractivity contribution in [2.24, 2.45) is 0 Å². The molecule has 0 amide bonds. The fraction of sp³-hybridized carbons (Fsp3) is 0. The van der Waals surface area contributed by atoms with Gasteiger partial charge in [0.05, 0.1) is 10.4 Å². The van der Waals surface area contributed by atoms with Crippen LogP contribution in [0.1, 0.15) is 5.56 Å². The number of phenolic OH excluding ortho intramolecular Hbond substituents is 1. The van der Waals surface area contributed by atoms with Crippen molar-refractivity contribution >= 4 is 33.2 Å². The number of pyridine rings is 1. The Morgan fingerprint density at radius 3 is 2.59 bits per heavy atom. The molecule has 0 aliphatic carbocycles. The zero-order valence-corrected chi connectivity index (χ0v) is 13.9. The second kappa shape index (κ2) is 5.97. The molecule has 4 aromatic rings. The minimum atomic E-state index is -0.674. The molecule has 4 rings (SSSR count). The summed E-state index contributed by atoms with van der Waals surface area (Å²) in [5, 5.41) is 33.7. The fourth-order valence-electron chi connectivity index (χ4n) is 3.29. The Bertz CT molecular complexity index is 1290. The summed E-state index contributed by atoms with van der Waals surface area (Å²) in [5.41, 5.74) is 6.69. The van der Waals surface area contributed by atoms with E-state index in [1.807, 2.05) is 36.4 Å². The van der Waals surface area contributed by atoms with Gasteiger partial charge in [0.1, 0.15) is 17.5 Å². The number of benzene rings is 3. The van der Waals surface area contributed by atoms with E-state index in [0.29, 0.717) is 16.5 Å². The summed E-state index contributed by atoms with van der Waals surface area (Å²) >= 11 is 0. The number of nitro benzene ring substituents is 1. The molecule has 0 bridgehead atoms. The summed E-state index contributed by atoms with van der Waals surface area (Å²) in [6.07, 6.45) is 0. The van der Waals surface area contributed by atoms with Crippen molar-refractivity contribution in [1.29, 1.82) is 5.26 Å². The summed E-state index contributed by atoms with van der Waals surface area (Å²) in [5.74, 6) is -0.513. The number of nitrogen functional groups attached to an aromatic ring is 1. The highest BCUT2D eigenvalue weighted by atomic mass is 16.6. The van der Waals surface area contributed by atoms with Gasteiger partial charge < -0.3 is 10.8 Å². The zero-order chi connectivity index (χ0) is 19.1. The first kappa shape index (κ1) is 16.3. The lowest BCUT2D eigenvalue weighted by Crippen LogP contribution is -2.00. The highest BCUT2D eigenvalue weighted by Crippen LogP contribution is 2.43. The first-order chi connectivity index (χ1) is 13.0. The van der Waals surface area contributed by atoms with Crippen molar-refractivity contribution in [2.45, 2.75) is 0 Å². The van der Waals surface area contributed by atoms with E-state index in [2.05, 4.69) is 4.98 Å². The van der Waals surface area contributed by atoms with E-state index < -0.39 is 16.4 Å². The van der Waals surface area contributed by atoms with Crippen LogP contribution >= 0.6 is 0 Å². The van der Waals surface area contributed by atoms with Gasteiger partial charge in [-0.05, 0) is 5.39 Å². The molecule has 3 N–H and O–H groups in total. The van der Waals surface area contributed by atoms with Crippen LogP contribution in [0.4, 0.5) is 11.5 Å². The van der Waals surface area contributed by atoms with E-state index in [4.69, 9.17) is 5.73 Å². The Morgan fingerprint density at radius 1 is 1.07 bits per heavy atom. The number of nitro groups is 1. The van der Waals surface area contributed by atoms with Gasteiger partial charge in [0.2, 0.25) is 5.75 Å². The van der Waals surface area contributed by atoms with Crippen LogP contribution in [0.15, 0.2) is 54.6 Å². The topological polar surface area (TPSA) is 126 Å². The molecule has 1 heterocycles. The fourth-order valence-corrected chi connectivity index (χ4v) is 3.29. The van der Waals surface area contributed by atoms with E-state index in [1.165, 1.54) is 18.2 Å². The quantitative estimate of drug-likeness (QED) is 0.316. The summed E-state index contributed by atoms with van der Waals surface area (Å²) in [6.45, 7) is 0. The molecular formula is C20H12N4O3. The van der Waals surface area contributed by atoms with E-state index in [0.717, 1.165) is 10.8 Å². The molecule has 7 heteroatoms. The monoisotopic (exact) mass is 356 g/mol. The summed E-state index contributed by atoms with van der Waals surface area (Å²) < 4.78 is 0. The van der Waals surface area contributed by atoms with Crippen molar-refractivity contribution in [3.8, 4) is 22.9 Å². The normalized spacial score (nSPS) is 10.8. The predicted octanol–water partition coefficient (Wildman–Crippen LogP) is 4.12. The molecule has 0 unspecified atom stereocenters. The first-order valence-corrected chi connectivity index (χ1v) is 8.00. The van der Waals surface area contributed by atoms with Crippen LogP contribution in [0.3, 0.4) is 0 Å². The minimum Gasteiger partial charge on any atom is -0.502 e. The van der Waals surface area contributed by atoms with E-state index in [1.54, 1.807) is 6.07 Å². The van der Waals surface area contributed by atoms with E-state index in [-0.39, 0.29) is 16.9 Å². The van der Waals surface area contributed by atoms with Gasteiger partial charge in [-0.25, -0.2) is 4.98 Å². The maximum atomic E-state index is 11.2. The lowest BCUT2D eigenvalue weighted by atomic mass is 9.93. The van der Waals surface area contributed by atoms with Crippen LogP contribution in [-0.4, -0.2) is 15.0 Å². The Kier molecular flexibility index (Phi) is 3.60. The average molecular weight is 356 g/mol. The van der Waals surface area contributed by atoms with Gasteiger partial charge in [-0.1, -0.05) is 48.5 Å². The number of nitrogens with two attached hydrogens (primary N) is 1. The average Bonchev–Trinajstić information content (AvgIpc) is 2.67. The van der Waals surface area contributed by atoms with Gasteiger partial charge in [-0.3, -0.25) is 10.1 Å². The second-order valence-corrected chi connectivity index (χ2v) is 5.97. The first-order valence-electron chi connectivity index (χ1n) is 8.00. The molecule has 0 fully saturated rings. The van der Waals surface area contributed by atoms with Crippen molar-refractivity contribution in [2.75, 3.05) is 5.73 Å². The molecule has 0 atom stereocenters. The Hall–Kier alpha value is -4.18. The smallest absolute Gasteiger partial charge is 0.311 e. The van der Waals surface area contributed by atoms with Crippen molar-refractivity contribution in [3.05, 3.63) is 70.3 Å². The molecule has 0 aliphatic heterocycles. The lowest BCUT2D eigenvalue weighted by molar-refractivity contribution is -0.385. The molecule has 7 nitrogen and oxygen atoms in total. The van der Waals surface area contributed by atoms with Crippen LogP contribution in [0.2, 0.25) is 0 Å². The largest absolute Gasteiger partial charge is 0.502 e. The zero-order valence-electron chi connectivity index (χ0n) is 13.9. The highest BCUT2D eigenvalue weighted by molar-refractivity contribution is 6.12. The Balaban J connectivity index is 2.21. The second-order valence-electron chi connectivity index (χ2n) is 5.97. The summed E-state index contributed by atoms with van der Waals surface area (Å²) in [6, 6.07) is 17.4. The van der Waals surface area contributed by atoms with Crippen LogP contribution in [0.5, 0.6) is 5.75 Å². The molecule has 27 heavy (non-hydrogen) atoms. The van der Waals surface area contributed by atoms with Gasteiger partial charge in [0.15, 0.2) is 0 Å². The number of rotatable bonds is 2. The number of phenols is 1. The number of nitriles is 1. The standard InChI is InChI=1S/C20H12N4O3/c21-10-15-17(14-6-3-7-16(19(14)25)24(26)27)13-9-8-11-4-1-2-5-12(11)18(13)23-20(15)22/h1-9,25H,(H2,22,23). The number of fused-ring (bicyclic) bond motifs is 3. The molecule has 3 aromatic carbocycles. The predicted molar refractivity (Wildman–Crippen MR) is 102 cm³/mol. The number of aromatic hydroxyl groups is 1. The molecule has 0 saturated heterocycles. The lowest BCUT2D eigenvalue weighted by Gasteiger charge is -2.13. The molecule has 0 saturated carbocycles. The molecular weight excluding hydrogens is 344 g/mol. The molecule has 0 aliphatic rings. The van der Waals surface area contributed by atoms with E-state index in [9.17, 15) is 20.5 Å². The van der Waals surface area contributed by atoms with Crippen LogP contribution in [-0.2, 0) is 0 Å². The van der Waals surface area contributed by atoms with Gasteiger partial charge in [-0.2, -0.15) is 5.26 Å². The number of hydrogen-bond donors (Lipinski definition) is 2. The molecule has 0 spiro atoms. The van der Waals surface area contributed by atoms with Gasteiger partial charge in [-0.15, -0.1) is 0 Å². The number of anilines is 1. The summed E-state index contributed by atoms with van der Waals surface area (Å²) in [4.78, 5) is 14.9. The molecule has 1 aromatic heterocycles. The van der Waals surface area contributed by atoms with Gasteiger partial charge in [0, 0.05) is 28.0 Å². The maximum absolute atomic E-state index is 11.2. The van der Waals surface area contributed by atoms with Crippen LogP contribution in [0.25, 0.3) is 32.8 Å². The Morgan fingerprint density at radius 2 is 1.85 bits per heavy atom. The molecule has 0 radical (unpaired) electrons. The van der Waals surface area contributed by atoms with Crippen LogP contribution < -0.4 is 5.73 Å². The number of aromatic nitrogens is 1. The van der Waals surface area contributed by atoms with Crippen molar-refractivity contribution in [3.63, 3.8) is 0 Å². The minimum absolute atomic E-state index is 0.00209. The molecule has 130 valence electrons. The SMILES string of the molecule is N#Cc1c(N)nc2c(ccc3ccccc32)c1-c1cccc([N+](=O)[O-])c1O. The highest BCUT2D eigenvalue weighted by Gasteiger charge is 2.23. The summed E-state index contributed by atoms with van der Waals surface area (Å²) in [7, 11) is 0. The number of hydrogen-bond acceptors (Lipinski definition) is 6. The van der Waals surface area contributed by atoms with Crippen LogP contribution in [0, 0.1) is 21.4 Å². The van der Waals surface area contributed by atoms with Gasteiger partial charge in [0.25, 0.3) is 0 Å². The van der Waals surface area contributed by atoms with Crippen molar-refractivity contribution in [1.82, 2.24) is 4.98 Å². The third kappa shape index (κ3) is 2.40. The van der Waals surface area contributed by atoms with Crippen molar-refractivity contribution < 1.29 is 10.0 Å². The third-order valence-electron chi connectivity index (χ3n) is 4.50. The van der Waals surface area contributed by atoms with E-state index >= 15 is 0 Å². The number of para-hydroxylation sites is 1. The Labute approximate surface area is 153 Å².